The van der Waals surface area contributed by atoms with Crippen LogP contribution in [0, 0.1) is 6.92 Å². The maximum absolute atomic E-state index is 11.9. The summed E-state index contributed by atoms with van der Waals surface area (Å²) in [6.07, 6.45) is 0. The fourth-order valence-corrected chi connectivity index (χ4v) is 1.83. The van der Waals surface area contributed by atoms with E-state index in [2.05, 4.69) is 0 Å². The van der Waals surface area contributed by atoms with Crippen LogP contribution in [0.1, 0.15) is 57.4 Å². The second-order valence-corrected chi connectivity index (χ2v) is 4.19. The Bertz CT molecular complexity index is 545. The van der Waals surface area contributed by atoms with Gasteiger partial charge in [0.25, 0.3) is 0 Å². The molecule has 0 N–H and O–H groups in total. The number of carbonyl (C=O) groups is 3. The van der Waals surface area contributed by atoms with E-state index in [1.807, 2.05) is 0 Å². The maximum Gasteiger partial charge on any atom is 0.338 e. The number of hydrogen-bond donors (Lipinski definition) is 0. The molecule has 1 aromatic carbocycles. The molecule has 1 rings (SSSR count). The Labute approximate surface area is 117 Å². The number of hydrogen-bond acceptors (Lipinski definition) is 5. The summed E-state index contributed by atoms with van der Waals surface area (Å²) in [5.74, 6) is -1.35. The molecule has 20 heavy (non-hydrogen) atoms. The SMILES string of the molecule is CCOC(=O)c1cc(C(C)=O)c(C)c(C(=O)OCC)c1. The summed E-state index contributed by atoms with van der Waals surface area (Å²) in [6, 6.07) is 2.84. The van der Waals surface area contributed by atoms with Gasteiger partial charge in [-0.3, -0.25) is 4.79 Å². The number of ether oxygens (including phenoxy) is 2. The molecule has 0 saturated carbocycles. The minimum Gasteiger partial charge on any atom is -0.462 e. The van der Waals surface area contributed by atoms with Gasteiger partial charge >= 0.3 is 11.9 Å². The lowest BCUT2D eigenvalue weighted by Crippen LogP contribution is -2.14. The van der Waals surface area contributed by atoms with Gasteiger partial charge in [-0.1, -0.05) is 0 Å². The lowest BCUT2D eigenvalue weighted by molar-refractivity contribution is 0.0524. The van der Waals surface area contributed by atoms with Crippen molar-refractivity contribution in [3.63, 3.8) is 0 Å². The van der Waals surface area contributed by atoms with E-state index in [9.17, 15) is 14.4 Å². The van der Waals surface area contributed by atoms with Crippen molar-refractivity contribution in [3.8, 4) is 0 Å². The molecule has 5 nitrogen and oxygen atoms in total. The van der Waals surface area contributed by atoms with Gasteiger partial charge in [-0.2, -0.15) is 0 Å². The van der Waals surface area contributed by atoms with Crippen molar-refractivity contribution in [1.82, 2.24) is 0 Å². The zero-order valence-electron chi connectivity index (χ0n) is 12.1. The molecule has 108 valence electrons. The smallest absolute Gasteiger partial charge is 0.338 e. The van der Waals surface area contributed by atoms with Crippen LogP contribution in [0.15, 0.2) is 12.1 Å². The molecular formula is C15H18O5. The Morgan fingerprint density at radius 2 is 1.45 bits per heavy atom. The Hall–Kier alpha value is -2.17. The maximum atomic E-state index is 11.9. The first-order chi connectivity index (χ1) is 9.42. The van der Waals surface area contributed by atoms with Crippen molar-refractivity contribution in [3.05, 3.63) is 34.4 Å². The second-order valence-electron chi connectivity index (χ2n) is 4.19. The molecule has 0 fully saturated rings. The Morgan fingerprint density at radius 1 is 0.950 bits per heavy atom. The average molecular weight is 278 g/mol. The van der Waals surface area contributed by atoms with Gasteiger partial charge in [0, 0.05) is 5.56 Å². The molecule has 1 aromatic rings. The number of Topliss-reactive ketones (excluding diaryl/α,β-unsaturated/α-hetero) is 1. The van der Waals surface area contributed by atoms with Gasteiger partial charge in [-0.15, -0.1) is 0 Å². The standard InChI is InChI=1S/C15H18O5/c1-5-19-14(17)11-7-12(10(4)16)9(3)13(8-11)15(18)20-6-2/h7-8H,5-6H2,1-4H3. The number of carbonyl (C=O) groups excluding carboxylic acids is 3. The van der Waals surface area contributed by atoms with E-state index in [1.165, 1.54) is 19.1 Å². The van der Waals surface area contributed by atoms with E-state index >= 15 is 0 Å². The average Bonchev–Trinajstić information content (AvgIpc) is 2.39. The predicted molar refractivity (Wildman–Crippen MR) is 73.1 cm³/mol. The van der Waals surface area contributed by atoms with Gasteiger partial charge in [-0.05, 0) is 45.4 Å². The van der Waals surface area contributed by atoms with Crippen LogP contribution in [-0.2, 0) is 9.47 Å². The first kappa shape index (κ1) is 15.9. The summed E-state index contributed by atoms with van der Waals surface area (Å²) in [4.78, 5) is 35.3. The molecule has 0 aromatic heterocycles. The van der Waals surface area contributed by atoms with Crippen LogP contribution in [0.4, 0.5) is 0 Å². The lowest BCUT2D eigenvalue weighted by Gasteiger charge is -2.11. The van der Waals surface area contributed by atoms with Gasteiger partial charge in [0.15, 0.2) is 5.78 Å². The van der Waals surface area contributed by atoms with Crippen LogP contribution in [-0.4, -0.2) is 30.9 Å². The van der Waals surface area contributed by atoms with E-state index in [0.29, 0.717) is 11.1 Å². The lowest BCUT2D eigenvalue weighted by atomic mass is 9.96. The molecular weight excluding hydrogens is 260 g/mol. The largest absolute Gasteiger partial charge is 0.462 e. The molecule has 0 saturated heterocycles. The number of rotatable bonds is 5. The molecule has 0 atom stereocenters. The van der Waals surface area contributed by atoms with E-state index in [0.717, 1.165) is 0 Å². The highest BCUT2D eigenvalue weighted by Gasteiger charge is 2.20. The Kier molecular flexibility index (Phi) is 5.43. The van der Waals surface area contributed by atoms with E-state index in [-0.39, 0.29) is 30.1 Å². The van der Waals surface area contributed by atoms with Crippen LogP contribution in [0.5, 0.6) is 0 Å². The molecule has 0 aliphatic carbocycles. The van der Waals surface area contributed by atoms with E-state index < -0.39 is 11.9 Å². The molecule has 0 amide bonds. The summed E-state index contributed by atoms with van der Waals surface area (Å²) >= 11 is 0. The summed E-state index contributed by atoms with van der Waals surface area (Å²) in [6.45, 7) is 6.84. The summed E-state index contributed by atoms with van der Waals surface area (Å²) in [5, 5.41) is 0. The normalized spacial score (nSPS) is 10.0. The zero-order chi connectivity index (χ0) is 15.3. The van der Waals surface area contributed by atoms with Crippen LogP contribution in [0.3, 0.4) is 0 Å². The molecule has 5 heteroatoms. The fourth-order valence-electron chi connectivity index (χ4n) is 1.83. The molecule has 0 radical (unpaired) electrons. The molecule has 0 bridgehead atoms. The highest BCUT2D eigenvalue weighted by molar-refractivity contribution is 6.04. The number of ketones is 1. The summed E-state index contributed by atoms with van der Waals surface area (Å²) in [5.41, 5.74) is 1.20. The molecule has 0 aliphatic rings. The number of benzene rings is 1. The van der Waals surface area contributed by atoms with Gasteiger partial charge < -0.3 is 9.47 Å². The summed E-state index contributed by atoms with van der Waals surface area (Å²) in [7, 11) is 0. The highest BCUT2D eigenvalue weighted by atomic mass is 16.5. The molecule has 0 aliphatic heterocycles. The van der Waals surface area contributed by atoms with Crippen molar-refractivity contribution < 1.29 is 23.9 Å². The third-order valence-electron chi connectivity index (χ3n) is 2.79. The topological polar surface area (TPSA) is 69.7 Å². The van der Waals surface area contributed by atoms with Gasteiger partial charge in [0.05, 0.1) is 24.3 Å². The quantitative estimate of drug-likeness (QED) is 0.611. The highest BCUT2D eigenvalue weighted by Crippen LogP contribution is 2.19. The first-order valence-electron chi connectivity index (χ1n) is 6.42. The Balaban J connectivity index is 3.38. The summed E-state index contributed by atoms with van der Waals surface area (Å²) < 4.78 is 9.83. The third kappa shape index (κ3) is 3.44. The van der Waals surface area contributed by atoms with Crippen LogP contribution in [0.25, 0.3) is 0 Å². The fraction of sp³-hybridized carbons (Fsp3) is 0.400. The zero-order valence-corrected chi connectivity index (χ0v) is 12.1. The monoisotopic (exact) mass is 278 g/mol. The minimum atomic E-state index is -0.569. The minimum absolute atomic E-state index is 0.172. The molecule has 0 unspecified atom stereocenters. The van der Waals surface area contributed by atoms with Crippen molar-refractivity contribution in [2.24, 2.45) is 0 Å². The number of esters is 2. The van der Waals surface area contributed by atoms with Gasteiger partial charge in [0.2, 0.25) is 0 Å². The van der Waals surface area contributed by atoms with Crippen LogP contribution < -0.4 is 0 Å². The van der Waals surface area contributed by atoms with Crippen LogP contribution in [0.2, 0.25) is 0 Å². The molecule has 0 heterocycles. The van der Waals surface area contributed by atoms with Crippen molar-refractivity contribution in [2.75, 3.05) is 13.2 Å². The van der Waals surface area contributed by atoms with Gasteiger partial charge in [-0.25, -0.2) is 9.59 Å². The third-order valence-corrected chi connectivity index (χ3v) is 2.79. The predicted octanol–water partition coefficient (Wildman–Crippen LogP) is 2.55. The van der Waals surface area contributed by atoms with E-state index in [1.54, 1.807) is 20.8 Å². The van der Waals surface area contributed by atoms with Crippen molar-refractivity contribution in [1.29, 1.82) is 0 Å². The Morgan fingerprint density at radius 3 is 1.95 bits per heavy atom. The first-order valence-corrected chi connectivity index (χ1v) is 6.42. The second kappa shape index (κ2) is 6.84. The van der Waals surface area contributed by atoms with Gasteiger partial charge in [0.1, 0.15) is 0 Å². The van der Waals surface area contributed by atoms with Crippen LogP contribution >= 0.6 is 0 Å². The van der Waals surface area contributed by atoms with E-state index in [4.69, 9.17) is 9.47 Å². The van der Waals surface area contributed by atoms with Crippen molar-refractivity contribution in [2.45, 2.75) is 27.7 Å². The molecule has 0 spiro atoms. The van der Waals surface area contributed by atoms with Crippen molar-refractivity contribution >= 4 is 17.7 Å².